The topological polar surface area (TPSA) is 69.3 Å². The molecule has 1 N–H and O–H groups in total. The molecule has 0 bridgehead atoms. The van der Waals surface area contributed by atoms with Gasteiger partial charge in [-0.2, -0.15) is 13.2 Å². The number of nitrogens with one attached hydrogen (secondary N) is 1. The van der Waals surface area contributed by atoms with Crippen molar-refractivity contribution >= 4 is 17.4 Å². The molecule has 3 heterocycles. The number of aromatic nitrogens is 2. The van der Waals surface area contributed by atoms with Crippen molar-refractivity contribution in [3.8, 4) is 0 Å². The maximum atomic E-state index is 13.1. The molecule has 1 aliphatic heterocycles. The Morgan fingerprint density at radius 2 is 1.84 bits per heavy atom. The summed E-state index contributed by atoms with van der Waals surface area (Å²) in [7, 11) is 0. The Morgan fingerprint density at radius 1 is 1.13 bits per heavy atom. The summed E-state index contributed by atoms with van der Waals surface area (Å²) in [5.41, 5.74) is 1.61. The fourth-order valence-corrected chi connectivity index (χ4v) is 4.19. The molecule has 0 aliphatic carbocycles. The van der Waals surface area contributed by atoms with E-state index in [-0.39, 0.29) is 11.6 Å². The molecule has 9 heteroatoms. The minimum Gasteiger partial charge on any atom is -0.355 e. The third-order valence-electron chi connectivity index (χ3n) is 5.89. The summed E-state index contributed by atoms with van der Waals surface area (Å²) in [5.74, 6) is 0.345. The number of halogens is 3. The summed E-state index contributed by atoms with van der Waals surface area (Å²) < 4.78 is 38.3. The van der Waals surface area contributed by atoms with Gasteiger partial charge in [-0.05, 0) is 51.8 Å². The third-order valence-corrected chi connectivity index (χ3v) is 5.89. The highest BCUT2D eigenvalue weighted by molar-refractivity contribution is 6.05. The molecule has 0 spiro atoms. The van der Waals surface area contributed by atoms with Crippen LogP contribution >= 0.6 is 0 Å². The Bertz CT molecular complexity index is 966. The van der Waals surface area contributed by atoms with Crippen molar-refractivity contribution < 1.29 is 22.8 Å². The lowest BCUT2D eigenvalue weighted by atomic mass is 10.0. The van der Waals surface area contributed by atoms with E-state index >= 15 is 0 Å². The molecule has 1 fully saturated rings. The lowest BCUT2D eigenvalue weighted by molar-refractivity contribution is -0.137. The van der Waals surface area contributed by atoms with Crippen LogP contribution in [0.4, 0.5) is 19.0 Å². The van der Waals surface area contributed by atoms with Gasteiger partial charge in [0.05, 0.1) is 17.3 Å². The van der Waals surface area contributed by atoms with Crippen molar-refractivity contribution in [2.24, 2.45) is 0 Å². The van der Waals surface area contributed by atoms with E-state index in [1.165, 1.54) is 13.0 Å². The second kappa shape index (κ2) is 8.82. The van der Waals surface area contributed by atoms with E-state index < -0.39 is 17.8 Å². The molecule has 0 radical (unpaired) electrons. The normalized spacial score (nSPS) is 16.8. The molecule has 0 amide bonds. The number of pyridine rings is 1. The molecular formula is C22H27F3N4O2. The van der Waals surface area contributed by atoms with Crippen molar-refractivity contribution in [1.29, 1.82) is 0 Å². The molecule has 1 saturated heterocycles. The number of alkyl halides is 3. The van der Waals surface area contributed by atoms with Gasteiger partial charge in [0.2, 0.25) is 0 Å². The van der Waals surface area contributed by atoms with Crippen LogP contribution in [0.2, 0.25) is 0 Å². The molecule has 0 saturated carbocycles. The van der Waals surface area contributed by atoms with Crippen LogP contribution in [0.1, 0.15) is 57.9 Å². The van der Waals surface area contributed by atoms with Gasteiger partial charge in [0.25, 0.3) is 0 Å². The summed E-state index contributed by atoms with van der Waals surface area (Å²) >= 11 is 0. The van der Waals surface area contributed by atoms with Gasteiger partial charge in [-0.15, -0.1) is 0 Å². The van der Waals surface area contributed by atoms with Crippen molar-refractivity contribution in [2.75, 3.05) is 31.1 Å². The van der Waals surface area contributed by atoms with Gasteiger partial charge < -0.3 is 9.88 Å². The van der Waals surface area contributed by atoms with E-state index in [9.17, 15) is 22.8 Å². The van der Waals surface area contributed by atoms with Gasteiger partial charge in [-0.3, -0.25) is 14.5 Å². The summed E-state index contributed by atoms with van der Waals surface area (Å²) in [5, 5.41) is 0. The molecule has 168 valence electrons. The summed E-state index contributed by atoms with van der Waals surface area (Å²) in [4.78, 5) is 36.1. The highest BCUT2D eigenvalue weighted by Crippen LogP contribution is 2.29. The van der Waals surface area contributed by atoms with Crippen LogP contribution in [0.25, 0.3) is 0 Å². The SMILES string of the molecule is CC(=O)c1c(C)[nH]c(C(=O)C(C)N2CCCN(c3ccc(C(F)(F)F)cn3)CC2)c1C. The Balaban J connectivity index is 1.70. The van der Waals surface area contributed by atoms with Crippen molar-refractivity contribution in [3.05, 3.63) is 46.4 Å². The first-order valence-corrected chi connectivity index (χ1v) is 10.3. The predicted octanol–water partition coefficient (Wildman–Crippen LogP) is 4.03. The number of aryl methyl sites for hydroxylation is 1. The first-order valence-electron chi connectivity index (χ1n) is 10.3. The molecule has 1 aliphatic rings. The molecule has 2 aromatic rings. The zero-order valence-corrected chi connectivity index (χ0v) is 18.1. The number of H-pyrrole nitrogens is 1. The fraction of sp³-hybridized carbons (Fsp3) is 0.500. The van der Waals surface area contributed by atoms with E-state index in [1.807, 2.05) is 11.8 Å². The van der Waals surface area contributed by atoms with E-state index in [0.717, 1.165) is 18.7 Å². The quantitative estimate of drug-likeness (QED) is 0.717. The van der Waals surface area contributed by atoms with Crippen molar-refractivity contribution in [2.45, 2.75) is 46.3 Å². The fourth-order valence-electron chi connectivity index (χ4n) is 4.19. The molecular weight excluding hydrogens is 409 g/mol. The van der Waals surface area contributed by atoms with Crippen LogP contribution in [0, 0.1) is 13.8 Å². The number of hydrogen-bond acceptors (Lipinski definition) is 5. The second-order valence-corrected chi connectivity index (χ2v) is 8.00. The number of aromatic amines is 1. The molecule has 2 aromatic heterocycles. The average Bonchev–Trinajstić information content (AvgIpc) is 2.87. The Kier molecular flexibility index (Phi) is 6.54. The van der Waals surface area contributed by atoms with E-state index in [4.69, 9.17) is 0 Å². The third kappa shape index (κ3) is 4.81. The second-order valence-electron chi connectivity index (χ2n) is 8.00. The van der Waals surface area contributed by atoms with Gasteiger partial charge >= 0.3 is 6.18 Å². The molecule has 3 rings (SSSR count). The van der Waals surface area contributed by atoms with Gasteiger partial charge in [-0.25, -0.2) is 4.98 Å². The van der Waals surface area contributed by atoms with Gasteiger partial charge in [0.1, 0.15) is 5.82 Å². The van der Waals surface area contributed by atoms with Crippen molar-refractivity contribution in [3.63, 3.8) is 0 Å². The number of rotatable bonds is 5. The largest absolute Gasteiger partial charge is 0.417 e. The smallest absolute Gasteiger partial charge is 0.355 e. The Hall–Kier alpha value is -2.68. The lowest BCUT2D eigenvalue weighted by Gasteiger charge is -2.27. The lowest BCUT2D eigenvalue weighted by Crippen LogP contribution is -2.41. The zero-order valence-electron chi connectivity index (χ0n) is 18.1. The van der Waals surface area contributed by atoms with Gasteiger partial charge in [-0.1, -0.05) is 0 Å². The first kappa shape index (κ1) is 23.0. The summed E-state index contributed by atoms with van der Waals surface area (Å²) in [6, 6.07) is 2.04. The molecule has 1 atom stereocenters. The van der Waals surface area contributed by atoms with Crippen LogP contribution in [-0.2, 0) is 6.18 Å². The van der Waals surface area contributed by atoms with Crippen LogP contribution in [0.15, 0.2) is 18.3 Å². The van der Waals surface area contributed by atoms with Gasteiger partial charge in [0.15, 0.2) is 11.6 Å². The zero-order chi connectivity index (χ0) is 22.9. The Labute approximate surface area is 179 Å². The number of hydrogen-bond donors (Lipinski definition) is 1. The minimum atomic E-state index is -4.41. The maximum absolute atomic E-state index is 13.1. The monoisotopic (exact) mass is 436 g/mol. The van der Waals surface area contributed by atoms with Crippen molar-refractivity contribution in [1.82, 2.24) is 14.9 Å². The number of Topliss-reactive ketones (excluding diaryl/α,β-unsaturated/α-hetero) is 2. The van der Waals surface area contributed by atoms with E-state index in [0.29, 0.717) is 54.5 Å². The Morgan fingerprint density at radius 3 is 2.39 bits per heavy atom. The number of nitrogens with zero attached hydrogens (tertiary/aromatic N) is 3. The first-order chi connectivity index (χ1) is 14.5. The maximum Gasteiger partial charge on any atom is 0.417 e. The predicted molar refractivity (Wildman–Crippen MR) is 112 cm³/mol. The van der Waals surface area contributed by atoms with Crippen LogP contribution in [0.5, 0.6) is 0 Å². The highest BCUT2D eigenvalue weighted by Gasteiger charge is 2.32. The molecule has 6 nitrogen and oxygen atoms in total. The number of carbonyl (C=O) groups is 2. The van der Waals surface area contributed by atoms with E-state index in [1.54, 1.807) is 13.8 Å². The number of ketones is 2. The van der Waals surface area contributed by atoms with Crippen LogP contribution in [0.3, 0.4) is 0 Å². The molecule has 31 heavy (non-hydrogen) atoms. The average molecular weight is 436 g/mol. The summed E-state index contributed by atoms with van der Waals surface area (Å²) in [6.07, 6.45) is -2.80. The van der Waals surface area contributed by atoms with E-state index in [2.05, 4.69) is 14.9 Å². The highest BCUT2D eigenvalue weighted by atomic mass is 19.4. The molecule has 0 aromatic carbocycles. The number of carbonyl (C=O) groups excluding carboxylic acids is 2. The molecule has 1 unspecified atom stereocenters. The summed E-state index contributed by atoms with van der Waals surface area (Å²) in [6.45, 7) is 9.35. The standard InChI is InChI=1S/C22H27F3N4O2/c1-13-19(16(4)30)14(2)27-20(13)21(31)15(3)28-8-5-9-29(11-10-28)18-7-6-17(12-26-18)22(23,24)25/h6-7,12,15,27H,5,8-11H2,1-4H3. The number of anilines is 1. The van der Waals surface area contributed by atoms with Crippen LogP contribution < -0.4 is 4.90 Å². The minimum absolute atomic E-state index is 0.0748. The van der Waals surface area contributed by atoms with Crippen LogP contribution in [-0.4, -0.2) is 58.7 Å². The van der Waals surface area contributed by atoms with Gasteiger partial charge in [0, 0.05) is 43.6 Å².